The molecule has 5 nitrogen and oxygen atoms in total. The molecule has 2 amide bonds. The van der Waals surface area contributed by atoms with E-state index in [4.69, 9.17) is 4.74 Å². The lowest BCUT2D eigenvalue weighted by molar-refractivity contribution is 0.0509. The molecular weight excluding hydrogens is 416 g/mol. The summed E-state index contributed by atoms with van der Waals surface area (Å²) in [6, 6.07) is 15.2. The molecule has 1 aliphatic rings. The van der Waals surface area contributed by atoms with Gasteiger partial charge in [-0.05, 0) is 53.4 Å². The maximum atomic E-state index is 13.2. The van der Waals surface area contributed by atoms with Crippen molar-refractivity contribution < 1.29 is 14.3 Å². The van der Waals surface area contributed by atoms with E-state index in [1.54, 1.807) is 17.4 Å². The lowest BCUT2D eigenvalue weighted by Crippen LogP contribution is -2.36. The van der Waals surface area contributed by atoms with Crippen LogP contribution in [0.2, 0.25) is 0 Å². The van der Waals surface area contributed by atoms with Crippen LogP contribution in [0.1, 0.15) is 43.3 Å². The van der Waals surface area contributed by atoms with Crippen molar-refractivity contribution in [2.75, 3.05) is 13.2 Å². The van der Waals surface area contributed by atoms with Crippen LogP contribution in [0.5, 0.6) is 0 Å². The minimum absolute atomic E-state index is 0.00747. The van der Waals surface area contributed by atoms with Crippen LogP contribution in [0, 0.1) is 0 Å². The fourth-order valence-corrected chi connectivity index (χ4v) is 4.83. The summed E-state index contributed by atoms with van der Waals surface area (Å²) in [7, 11) is 0. The Balaban J connectivity index is 1.39. The van der Waals surface area contributed by atoms with Gasteiger partial charge in [0.05, 0.1) is 17.5 Å². The molecule has 156 valence electrons. The third-order valence-electron chi connectivity index (χ3n) is 5.06. The fourth-order valence-electron chi connectivity index (χ4n) is 3.47. The van der Waals surface area contributed by atoms with Crippen LogP contribution in [0.25, 0.3) is 0 Å². The first-order chi connectivity index (χ1) is 14.7. The van der Waals surface area contributed by atoms with E-state index in [1.807, 2.05) is 52.1 Å². The summed E-state index contributed by atoms with van der Waals surface area (Å²) in [4.78, 5) is 29.0. The highest BCUT2D eigenvalue weighted by molar-refractivity contribution is 7.12. The van der Waals surface area contributed by atoms with Crippen molar-refractivity contribution in [2.45, 2.75) is 32.0 Å². The molecule has 2 aromatic heterocycles. The molecule has 1 saturated heterocycles. The van der Waals surface area contributed by atoms with Crippen LogP contribution in [-0.2, 0) is 17.8 Å². The molecule has 1 fully saturated rings. The van der Waals surface area contributed by atoms with Gasteiger partial charge in [-0.15, -0.1) is 22.7 Å². The van der Waals surface area contributed by atoms with Crippen molar-refractivity contribution in [1.82, 2.24) is 10.2 Å². The summed E-state index contributed by atoms with van der Waals surface area (Å²) < 4.78 is 5.76. The molecule has 1 unspecified atom stereocenters. The summed E-state index contributed by atoms with van der Waals surface area (Å²) in [5.74, 6) is -0.0723. The number of benzene rings is 1. The van der Waals surface area contributed by atoms with Gasteiger partial charge >= 0.3 is 0 Å². The average molecular weight is 441 g/mol. The quantitative estimate of drug-likeness (QED) is 0.559. The summed E-state index contributed by atoms with van der Waals surface area (Å²) in [6.07, 6.45) is 2.16. The standard InChI is InChI=1S/C23H24N2O3S2/c26-22(21-6-3-13-30-21)24-14-17-7-9-18(10-8-17)23(27)25(15-19-4-1-11-28-19)16-20-5-2-12-29-20/h2-3,5-10,12-13,19H,1,4,11,14-16H2,(H,24,26). The summed E-state index contributed by atoms with van der Waals surface area (Å²) in [5.41, 5.74) is 1.61. The molecule has 0 radical (unpaired) electrons. The maximum absolute atomic E-state index is 13.2. The van der Waals surface area contributed by atoms with Gasteiger partial charge in [0.1, 0.15) is 0 Å². The molecule has 1 aromatic carbocycles. The number of carbonyl (C=O) groups excluding carboxylic acids is 2. The number of hydrogen-bond donors (Lipinski definition) is 1. The number of amides is 2. The van der Waals surface area contributed by atoms with E-state index in [0.717, 1.165) is 29.9 Å². The zero-order valence-electron chi connectivity index (χ0n) is 16.6. The molecule has 3 aromatic rings. The van der Waals surface area contributed by atoms with Crippen molar-refractivity contribution in [1.29, 1.82) is 0 Å². The Morgan fingerprint density at radius 2 is 1.87 bits per heavy atom. The highest BCUT2D eigenvalue weighted by atomic mass is 32.1. The number of carbonyl (C=O) groups is 2. The van der Waals surface area contributed by atoms with Crippen LogP contribution in [-0.4, -0.2) is 36.0 Å². The Morgan fingerprint density at radius 3 is 2.53 bits per heavy atom. The Kier molecular flexibility index (Phi) is 6.94. The topological polar surface area (TPSA) is 58.6 Å². The van der Waals surface area contributed by atoms with E-state index >= 15 is 0 Å². The molecule has 1 aliphatic heterocycles. The number of ether oxygens (including phenoxy) is 1. The zero-order valence-corrected chi connectivity index (χ0v) is 18.2. The van der Waals surface area contributed by atoms with E-state index in [9.17, 15) is 9.59 Å². The molecule has 4 rings (SSSR count). The predicted molar refractivity (Wildman–Crippen MR) is 120 cm³/mol. The first kappa shape index (κ1) is 20.8. The van der Waals surface area contributed by atoms with Crippen molar-refractivity contribution in [2.24, 2.45) is 0 Å². The average Bonchev–Trinajstić information content (AvgIpc) is 3.55. The van der Waals surface area contributed by atoms with Gasteiger partial charge in [-0.3, -0.25) is 9.59 Å². The Labute approximate surface area is 184 Å². The lowest BCUT2D eigenvalue weighted by Gasteiger charge is -2.25. The molecule has 0 saturated carbocycles. The number of rotatable bonds is 8. The Bertz CT molecular complexity index is 947. The molecule has 0 spiro atoms. The van der Waals surface area contributed by atoms with Crippen molar-refractivity contribution in [3.05, 3.63) is 80.2 Å². The van der Waals surface area contributed by atoms with Crippen molar-refractivity contribution in [3.8, 4) is 0 Å². The fraction of sp³-hybridized carbons (Fsp3) is 0.304. The second-order valence-corrected chi connectivity index (χ2v) is 9.24. The molecule has 1 N–H and O–H groups in total. The van der Waals surface area contributed by atoms with Crippen LogP contribution >= 0.6 is 22.7 Å². The lowest BCUT2D eigenvalue weighted by atomic mass is 10.1. The number of hydrogen-bond acceptors (Lipinski definition) is 5. The predicted octanol–water partition coefficient (Wildman–Crippen LogP) is 4.56. The van der Waals surface area contributed by atoms with Crippen molar-refractivity contribution in [3.63, 3.8) is 0 Å². The zero-order chi connectivity index (χ0) is 20.8. The number of nitrogens with zero attached hydrogens (tertiary/aromatic N) is 1. The van der Waals surface area contributed by atoms with Crippen LogP contribution in [0.15, 0.2) is 59.3 Å². The van der Waals surface area contributed by atoms with Gasteiger partial charge in [0.25, 0.3) is 11.8 Å². The minimum atomic E-state index is -0.0798. The van der Waals surface area contributed by atoms with Crippen molar-refractivity contribution >= 4 is 34.5 Å². The highest BCUT2D eigenvalue weighted by Crippen LogP contribution is 2.19. The third kappa shape index (κ3) is 5.36. The van der Waals surface area contributed by atoms with Gasteiger partial charge in [0, 0.05) is 30.1 Å². The SMILES string of the molecule is O=C(NCc1ccc(C(=O)N(Cc2cccs2)CC2CCCO2)cc1)c1cccs1. The summed E-state index contributed by atoms with van der Waals surface area (Å²) in [5, 5.41) is 6.83. The van der Waals surface area contributed by atoms with Gasteiger partial charge in [-0.2, -0.15) is 0 Å². The molecule has 1 atom stereocenters. The van der Waals surface area contributed by atoms with Gasteiger partial charge in [-0.1, -0.05) is 24.3 Å². The minimum Gasteiger partial charge on any atom is -0.376 e. The number of thiophene rings is 2. The molecule has 7 heteroatoms. The third-order valence-corrected chi connectivity index (χ3v) is 6.79. The van der Waals surface area contributed by atoms with Gasteiger partial charge in [0.15, 0.2) is 0 Å². The monoisotopic (exact) mass is 440 g/mol. The van der Waals surface area contributed by atoms with Gasteiger partial charge in [0.2, 0.25) is 0 Å². The maximum Gasteiger partial charge on any atom is 0.261 e. The van der Waals surface area contributed by atoms with Crippen LogP contribution < -0.4 is 5.32 Å². The highest BCUT2D eigenvalue weighted by Gasteiger charge is 2.24. The second kappa shape index (κ2) is 10.0. The van der Waals surface area contributed by atoms with E-state index < -0.39 is 0 Å². The largest absolute Gasteiger partial charge is 0.376 e. The Morgan fingerprint density at radius 1 is 1.07 bits per heavy atom. The second-order valence-electron chi connectivity index (χ2n) is 7.26. The van der Waals surface area contributed by atoms with Gasteiger partial charge < -0.3 is 15.0 Å². The van der Waals surface area contributed by atoms with E-state index in [-0.39, 0.29) is 17.9 Å². The van der Waals surface area contributed by atoms with Crippen LogP contribution in [0.3, 0.4) is 0 Å². The molecule has 0 bridgehead atoms. The molecule has 0 aliphatic carbocycles. The molecule has 3 heterocycles. The van der Waals surface area contributed by atoms with E-state index in [1.165, 1.54) is 11.3 Å². The first-order valence-electron chi connectivity index (χ1n) is 10.0. The molecular formula is C23H24N2O3S2. The summed E-state index contributed by atoms with van der Waals surface area (Å²) in [6.45, 7) is 2.40. The van der Waals surface area contributed by atoms with Crippen LogP contribution in [0.4, 0.5) is 0 Å². The van der Waals surface area contributed by atoms with Gasteiger partial charge in [-0.25, -0.2) is 0 Å². The normalized spacial score (nSPS) is 15.8. The number of nitrogens with one attached hydrogen (secondary N) is 1. The smallest absolute Gasteiger partial charge is 0.261 e. The van der Waals surface area contributed by atoms with E-state index in [0.29, 0.717) is 30.1 Å². The first-order valence-corrected chi connectivity index (χ1v) is 11.8. The molecule has 30 heavy (non-hydrogen) atoms. The van der Waals surface area contributed by atoms with E-state index in [2.05, 4.69) is 11.4 Å². The summed E-state index contributed by atoms with van der Waals surface area (Å²) >= 11 is 3.08. The Hall–Kier alpha value is -2.48.